The molecule has 2 aromatic rings. The first kappa shape index (κ1) is 13.8. The lowest BCUT2D eigenvalue weighted by atomic mass is 10.4. The Balaban J connectivity index is 2.51. The fraction of sp³-hybridized carbons (Fsp3) is 0.545. The second-order valence-electron chi connectivity index (χ2n) is 4.15. The molecule has 1 N–H and O–H groups in total. The molecule has 0 bridgehead atoms. The molecule has 18 heavy (non-hydrogen) atoms. The normalized spacial score (nSPS) is 11.3. The minimum Gasteiger partial charge on any atom is -0.329 e. The van der Waals surface area contributed by atoms with Gasteiger partial charge < -0.3 is 14.1 Å². The van der Waals surface area contributed by atoms with Gasteiger partial charge in [-0.25, -0.2) is 4.98 Å². The molecule has 0 radical (unpaired) electrons. The first-order valence-corrected chi connectivity index (χ1v) is 7.65. The maximum Gasteiger partial charge on any atom is 0.182 e. The van der Waals surface area contributed by atoms with Gasteiger partial charge in [0.1, 0.15) is 10.2 Å². The summed E-state index contributed by atoms with van der Waals surface area (Å²) in [5.41, 5.74) is 1.73. The SMILES string of the molecule is CCCCSc1nc2c([nH]1)c(=S)n(C)c(=S)n2C. The second kappa shape index (κ2) is 5.54. The van der Waals surface area contributed by atoms with Crippen molar-refractivity contribution in [2.45, 2.75) is 24.9 Å². The summed E-state index contributed by atoms with van der Waals surface area (Å²) in [6.07, 6.45) is 2.38. The number of rotatable bonds is 4. The number of aryl methyl sites for hydroxylation is 1. The minimum atomic E-state index is 0.684. The van der Waals surface area contributed by atoms with E-state index in [0.717, 1.165) is 22.1 Å². The molecule has 2 aromatic heterocycles. The Kier molecular flexibility index (Phi) is 4.24. The molecule has 7 heteroatoms. The molecule has 0 fully saturated rings. The third-order valence-electron chi connectivity index (χ3n) is 2.81. The van der Waals surface area contributed by atoms with Crippen molar-refractivity contribution in [3.8, 4) is 0 Å². The zero-order valence-electron chi connectivity index (χ0n) is 10.7. The number of hydrogen-bond donors (Lipinski definition) is 1. The third-order valence-corrected chi connectivity index (χ3v) is 4.80. The van der Waals surface area contributed by atoms with Gasteiger partial charge in [0.2, 0.25) is 0 Å². The topological polar surface area (TPSA) is 38.5 Å². The van der Waals surface area contributed by atoms with Crippen LogP contribution in [0.15, 0.2) is 5.16 Å². The van der Waals surface area contributed by atoms with Crippen molar-refractivity contribution in [3.63, 3.8) is 0 Å². The van der Waals surface area contributed by atoms with E-state index in [1.807, 2.05) is 23.2 Å². The molecule has 0 aromatic carbocycles. The Morgan fingerprint density at radius 3 is 2.67 bits per heavy atom. The van der Waals surface area contributed by atoms with Gasteiger partial charge in [-0.2, -0.15) is 0 Å². The lowest BCUT2D eigenvalue weighted by molar-refractivity contribution is 0.755. The van der Waals surface area contributed by atoms with Gasteiger partial charge in [0.25, 0.3) is 0 Å². The number of hydrogen-bond acceptors (Lipinski definition) is 4. The molecule has 0 spiro atoms. The van der Waals surface area contributed by atoms with E-state index in [4.69, 9.17) is 24.4 Å². The fourth-order valence-corrected chi connectivity index (χ4v) is 3.10. The van der Waals surface area contributed by atoms with Crippen molar-refractivity contribution in [3.05, 3.63) is 9.41 Å². The molecule has 4 nitrogen and oxygen atoms in total. The number of fused-ring (bicyclic) bond motifs is 1. The van der Waals surface area contributed by atoms with E-state index < -0.39 is 0 Å². The Labute approximate surface area is 120 Å². The minimum absolute atomic E-state index is 0.684. The van der Waals surface area contributed by atoms with Crippen molar-refractivity contribution in [2.24, 2.45) is 14.1 Å². The van der Waals surface area contributed by atoms with E-state index in [2.05, 4.69) is 16.9 Å². The number of aromatic nitrogens is 4. The van der Waals surface area contributed by atoms with Crippen molar-refractivity contribution in [2.75, 3.05) is 5.75 Å². The number of unbranched alkanes of at least 4 members (excludes halogenated alkanes) is 1. The maximum absolute atomic E-state index is 5.39. The lowest BCUT2D eigenvalue weighted by Gasteiger charge is -2.05. The quantitative estimate of drug-likeness (QED) is 0.532. The highest BCUT2D eigenvalue weighted by molar-refractivity contribution is 7.99. The predicted molar refractivity (Wildman–Crippen MR) is 81.3 cm³/mol. The summed E-state index contributed by atoms with van der Waals surface area (Å²) in [4.78, 5) is 7.86. The second-order valence-corrected chi connectivity index (χ2v) is 5.98. The predicted octanol–water partition coefficient (Wildman–Crippen LogP) is 3.59. The molecular formula is C11H16N4S3. The summed E-state index contributed by atoms with van der Waals surface area (Å²) in [5.74, 6) is 1.07. The van der Waals surface area contributed by atoms with Crippen molar-refractivity contribution in [1.29, 1.82) is 0 Å². The molecule has 0 saturated heterocycles. The Morgan fingerprint density at radius 2 is 2.00 bits per heavy atom. The molecule has 0 saturated carbocycles. The van der Waals surface area contributed by atoms with E-state index in [-0.39, 0.29) is 0 Å². The van der Waals surface area contributed by atoms with Crippen molar-refractivity contribution < 1.29 is 0 Å². The largest absolute Gasteiger partial charge is 0.329 e. The monoisotopic (exact) mass is 300 g/mol. The van der Waals surface area contributed by atoms with Gasteiger partial charge in [-0.05, 0) is 18.6 Å². The number of nitrogens with zero attached hydrogens (tertiary/aromatic N) is 3. The number of nitrogens with one attached hydrogen (secondary N) is 1. The zero-order valence-corrected chi connectivity index (χ0v) is 13.1. The number of imidazole rings is 1. The van der Waals surface area contributed by atoms with E-state index in [1.54, 1.807) is 11.8 Å². The van der Waals surface area contributed by atoms with Crippen LogP contribution in [0.25, 0.3) is 11.2 Å². The van der Waals surface area contributed by atoms with E-state index in [0.29, 0.717) is 9.41 Å². The molecule has 0 aliphatic heterocycles. The summed E-state index contributed by atoms with van der Waals surface area (Å²) in [6, 6.07) is 0. The average Bonchev–Trinajstić information content (AvgIpc) is 2.78. The summed E-state index contributed by atoms with van der Waals surface area (Å²) >= 11 is 12.4. The molecule has 2 rings (SSSR count). The Bertz CT molecular complexity index is 680. The summed E-state index contributed by atoms with van der Waals surface area (Å²) in [7, 11) is 3.80. The third kappa shape index (κ3) is 2.39. The summed E-state index contributed by atoms with van der Waals surface area (Å²) < 4.78 is 5.11. The van der Waals surface area contributed by atoms with E-state index in [1.165, 1.54) is 12.8 Å². The van der Waals surface area contributed by atoms with Crippen molar-refractivity contribution in [1.82, 2.24) is 19.1 Å². The van der Waals surface area contributed by atoms with Gasteiger partial charge in [0, 0.05) is 19.8 Å². The standard InChI is InChI=1S/C11H16N4S3/c1-4-5-6-18-10-12-7-8(13-10)14(2)11(17)15(3)9(7)16/h4-6H2,1-3H3,(H,12,13). The average molecular weight is 300 g/mol. The van der Waals surface area contributed by atoms with Crippen LogP contribution in [0.5, 0.6) is 0 Å². The highest BCUT2D eigenvalue weighted by atomic mass is 32.2. The van der Waals surface area contributed by atoms with Crippen LogP contribution in [0.3, 0.4) is 0 Å². The smallest absolute Gasteiger partial charge is 0.182 e. The van der Waals surface area contributed by atoms with E-state index >= 15 is 0 Å². The highest BCUT2D eigenvalue weighted by Gasteiger charge is 2.09. The first-order chi connectivity index (χ1) is 8.56. The highest BCUT2D eigenvalue weighted by Crippen LogP contribution is 2.21. The van der Waals surface area contributed by atoms with Gasteiger partial charge in [-0.1, -0.05) is 37.3 Å². The molecule has 0 aliphatic carbocycles. The van der Waals surface area contributed by atoms with Gasteiger partial charge in [0.15, 0.2) is 15.6 Å². The van der Waals surface area contributed by atoms with Crippen LogP contribution < -0.4 is 0 Å². The lowest BCUT2D eigenvalue weighted by Crippen LogP contribution is -2.05. The molecule has 0 amide bonds. The Morgan fingerprint density at radius 1 is 1.28 bits per heavy atom. The van der Waals surface area contributed by atoms with Crippen LogP contribution in [-0.4, -0.2) is 24.9 Å². The molecule has 0 atom stereocenters. The number of H-pyrrole nitrogens is 1. The maximum atomic E-state index is 5.39. The van der Waals surface area contributed by atoms with Crippen LogP contribution in [0, 0.1) is 9.41 Å². The van der Waals surface area contributed by atoms with Crippen LogP contribution >= 0.6 is 36.2 Å². The van der Waals surface area contributed by atoms with Gasteiger partial charge >= 0.3 is 0 Å². The zero-order chi connectivity index (χ0) is 13.3. The van der Waals surface area contributed by atoms with Crippen LogP contribution in [0.1, 0.15) is 19.8 Å². The molecule has 0 unspecified atom stereocenters. The van der Waals surface area contributed by atoms with Gasteiger partial charge in [0.05, 0.1) is 0 Å². The molecular weight excluding hydrogens is 284 g/mol. The number of aromatic amines is 1. The van der Waals surface area contributed by atoms with Crippen LogP contribution in [0.4, 0.5) is 0 Å². The summed E-state index contributed by atoms with van der Waals surface area (Å²) in [5, 5.41) is 0.917. The van der Waals surface area contributed by atoms with Gasteiger partial charge in [-0.15, -0.1) is 0 Å². The van der Waals surface area contributed by atoms with Crippen molar-refractivity contribution >= 4 is 47.4 Å². The fourth-order valence-electron chi connectivity index (χ4n) is 1.69. The molecule has 2 heterocycles. The van der Waals surface area contributed by atoms with Gasteiger partial charge in [-0.3, -0.25) is 0 Å². The van der Waals surface area contributed by atoms with E-state index in [9.17, 15) is 0 Å². The van der Waals surface area contributed by atoms with Crippen LogP contribution in [0.2, 0.25) is 0 Å². The van der Waals surface area contributed by atoms with Crippen LogP contribution in [-0.2, 0) is 14.1 Å². The summed E-state index contributed by atoms with van der Waals surface area (Å²) in [6.45, 7) is 2.18. The molecule has 0 aliphatic rings. The molecule has 98 valence electrons. The first-order valence-electron chi connectivity index (χ1n) is 5.84. The Hall–Kier alpha value is -0.660. The number of thioether (sulfide) groups is 1.